The van der Waals surface area contributed by atoms with Gasteiger partial charge >= 0.3 is 0 Å². The lowest BCUT2D eigenvalue weighted by Gasteiger charge is -2.23. The molecule has 1 unspecified atom stereocenters. The van der Waals surface area contributed by atoms with Gasteiger partial charge in [-0.2, -0.15) is 0 Å². The van der Waals surface area contributed by atoms with Gasteiger partial charge in [-0.3, -0.25) is 4.90 Å². The molecule has 0 saturated carbocycles. The maximum absolute atomic E-state index is 8.76. The number of nitrogens with zero attached hydrogens (tertiary/aromatic N) is 2. The van der Waals surface area contributed by atoms with Gasteiger partial charge in [-0.05, 0) is 31.9 Å². The second-order valence-corrected chi connectivity index (χ2v) is 4.64. The Morgan fingerprint density at radius 3 is 3.12 bits per heavy atom. The van der Waals surface area contributed by atoms with Crippen molar-refractivity contribution >= 4 is 5.84 Å². The standard InChI is InChI=1S/C13H19N3O/c1-10-4-2-5-11(8-10)9-16-7-3-6-12(16)13(14)15-17/h2,4-5,8,12,17H,3,6-7,9H2,1H3,(H2,14,15). The largest absolute Gasteiger partial charge is 0.409 e. The Balaban J connectivity index is 2.08. The van der Waals surface area contributed by atoms with Crippen LogP contribution in [0.15, 0.2) is 29.4 Å². The van der Waals surface area contributed by atoms with Crippen molar-refractivity contribution in [3.05, 3.63) is 35.4 Å². The molecule has 0 aliphatic carbocycles. The van der Waals surface area contributed by atoms with Gasteiger partial charge in [0.25, 0.3) is 0 Å². The molecule has 0 bridgehead atoms. The molecule has 0 radical (unpaired) electrons. The third-order valence-electron chi connectivity index (χ3n) is 3.29. The summed E-state index contributed by atoms with van der Waals surface area (Å²) in [5.74, 6) is 0.329. The minimum absolute atomic E-state index is 0.0838. The molecular formula is C13H19N3O. The van der Waals surface area contributed by atoms with Crippen molar-refractivity contribution in [2.45, 2.75) is 32.4 Å². The third kappa shape index (κ3) is 2.77. The zero-order chi connectivity index (χ0) is 12.3. The zero-order valence-electron chi connectivity index (χ0n) is 10.1. The van der Waals surface area contributed by atoms with Gasteiger partial charge in [-0.25, -0.2) is 0 Å². The quantitative estimate of drug-likeness (QED) is 0.361. The number of hydrogen-bond donors (Lipinski definition) is 2. The predicted molar refractivity (Wildman–Crippen MR) is 68.0 cm³/mol. The molecule has 1 saturated heterocycles. The van der Waals surface area contributed by atoms with Crippen LogP contribution in [0.3, 0.4) is 0 Å². The van der Waals surface area contributed by atoms with Crippen molar-refractivity contribution < 1.29 is 5.21 Å². The summed E-state index contributed by atoms with van der Waals surface area (Å²) in [5, 5.41) is 11.9. The number of likely N-dealkylation sites (tertiary alicyclic amines) is 1. The molecule has 1 heterocycles. The Hall–Kier alpha value is -1.55. The molecule has 0 spiro atoms. The highest BCUT2D eigenvalue weighted by Crippen LogP contribution is 2.20. The topological polar surface area (TPSA) is 61.8 Å². The highest BCUT2D eigenvalue weighted by molar-refractivity contribution is 5.85. The van der Waals surface area contributed by atoms with Crippen LogP contribution in [0.4, 0.5) is 0 Å². The third-order valence-corrected chi connectivity index (χ3v) is 3.29. The number of oxime groups is 1. The van der Waals surface area contributed by atoms with E-state index in [0.717, 1.165) is 25.9 Å². The van der Waals surface area contributed by atoms with Gasteiger partial charge in [0.1, 0.15) is 0 Å². The average Bonchev–Trinajstić information content (AvgIpc) is 2.76. The van der Waals surface area contributed by atoms with E-state index in [9.17, 15) is 0 Å². The molecule has 92 valence electrons. The number of amidine groups is 1. The first-order valence-corrected chi connectivity index (χ1v) is 5.97. The molecule has 1 aromatic carbocycles. The second kappa shape index (κ2) is 5.19. The van der Waals surface area contributed by atoms with Crippen molar-refractivity contribution in [1.82, 2.24) is 4.90 Å². The molecular weight excluding hydrogens is 214 g/mol. The van der Waals surface area contributed by atoms with Crippen molar-refractivity contribution in [3.63, 3.8) is 0 Å². The molecule has 1 aliphatic heterocycles. The summed E-state index contributed by atoms with van der Waals surface area (Å²) in [6.45, 7) is 3.96. The van der Waals surface area contributed by atoms with E-state index in [1.807, 2.05) is 0 Å². The van der Waals surface area contributed by atoms with E-state index in [1.165, 1.54) is 11.1 Å². The van der Waals surface area contributed by atoms with Crippen LogP contribution in [-0.4, -0.2) is 28.5 Å². The van der Waals surface area contributed by atoms with Gasteiger partial charge in [0.05, 0.1) is 6.04 Å². The predicted octanol–water partition coefficient (Wildman–Crippen LogP) is 1.71. The van der Waals surface area contributed by atoms with Gasteiger partial charge in [0.2, 0.25) is 0 Å². The summed E-state index contributed by atoms with van der Waals surface area (Å²) in [4.78, 5) is 2.27. The molecule has 17 heavy (non-hydrogen) atoms. The molecule has 3 N–H and O–H groups in total. The Labute approximate surface area is 102 Å². The minimum atomic E-state index is 0.0838. The summed E-state index contributed by atoms with van der Waals surface area (Å²) < 4.78 is 0. The monoisotopic (exact) mass is 233 g/mol. The lowest BCUT2D eigenvalue weighted by molar-refractivity contribution is 0.275. The van der Waals surface area contributed by atoms with Gasteiger partial charge < -0.3 is 10.9 Å². The Bertz CT molecular complexity index is 417. The lowest BCUT2D eigenvalue weighted by Crippen LogP contribution is -2.40. The zero-order valence-corrected chi connectivity index (χ0v) is 10.1. The first kappa shape index (κ1) is 11.9. The van der Waals surface area contributed by atoms with E-state index in [-0.39, 0.29) is 6.04 Å². The Morgan fingerprint density at radius 1 is 1.59 bits per heavy atom. The summed E-state index contributed by atoms with van der Waals surface area (Å²) >= 11 is 0. The summed E-state index contributed by atoms with van der Waals surface area (Å²) in [6, 6.07) is 8.55. The van der Waals surface area contributed by atoms with Crippen molar-refractivity contribution in [3.8, 4) is 0 Å². The van der Waals surface area contributed by atoms with Crippen LogP contribution < -0.4 is 5.73 Å². The fourth-order valence-corrected chi connectivity index (χ4v) is 2.46. The number of hydrogen-bond acceptors (Lipinski definition) is 3. The maximum atomic E-state index is 8.76. The molecule has 1 fully saturated rings. The van der Waals surface area contributed by atoms with E-state index < -0.39 is 0 Å². The van der Waals surface area contributed by atoms with Crippen LogP contribution >= 0.6 is 0 Å². The first-order chi connectivity index (χ1) is 8.20. The summed E-state index contributed by atoms with van der Waals surface area (Å²) in [7, 11) is 0. The first-order valence-electron chi connectivity index (χ1n) is 5.97. The number of aryl methyl sites for hydroxylation is 1. The summed E-state index contributed by atoms with van der Waals surface area (Å²) in [6.07, 6.45) is 2.08. The molecule has 2 rings (SSSR count). The highest BCUT2D eigenvalue weighted by Gasteiger charge is 2.27. The molecule has 0 amide bonds. The molecule has 1 aromatic rings. The molecule has 4 nitrogen and oxygen atoms in total. The van der Waals surface area contributed by atoms with Gasteiger partial charge in [0, 0.05) is 6.54 Å². The molecule has 4 heteroatoms. The van der Waals surface area contributed by atoms with Crippen LogP contribution in [-0.2, 0) is 6.54 Å². The van der Waals surface area contributed by atoms with Crippen molar-refractivity contribution in [2.75, 3.05) is 6.54 Å². The van der Waals surface area contributed by atoms with Gasteiger partial charge in [-0.1, -0.05) is 35.0 Å². The van der Waals surface area contributed by atoms with Crippen molar-refractivity contribution in [2.24, 2.45) is 10.9 Å². The maximum Gasteiger partial charge on any atom is 0.156 e. The normalized spacial score (nSPS) is 21.9. The number of rotatable bonds is 3. The van der Waals surface area contributed by atoms with E-state index in [0.29, 0.717) is 5.84 Å². The number of nitrogens with two attached hydrogens (primary N) is 1. The molecule has 1 aliphatic rings. The summed E-state index contributed by atoms with van der Waals surface area (Å²) in [5.41, 5.74) is 8.26. The fraction of sp³-hybridized carbons (Fsp3) is 0.462. The minimum Gasteiger partial charge on any atom is -0.409 e. The Morgan fingerprint density at radius 2 is 2.41 bits per heavy atom. The lowest BCUT2D eigenvalue weighted by atomic mass is 10.1. The molecule has 0 aromatic heterocycles. The molecule has 1 atom stereocenters. The fourth-order valence-electron chi connectivity index (χ4n) is 2.46. The average molecular weight is 233 g/mol. The van der Waals surface area contributed by atoms with Crippen LogP contribution in [0, 0.1) is 6.92 Å². The van der Waals surface area contributed by atoms with Crippen LogP contribution in [0.2, 0.25) is 0 Å². The SMILES string of the molecule is Cc1cccc(CN2CCCC2C(N)=NO)c1. The van der Waals surface area contributed by atoms with E-state index in [2.05, 4.69) is 41.2 Å². The van der Waals surface area contributed by atoms with Gasteiger partial charge in [0.15, 0.2) is 5.84 Å². The Kier molecular flexibility index (Phi) is 3.64. The van der Waals surface area contributed by atoms with E-state index in [4.69, 9.17) is 10.9 Å². The van der Waals surface area contributed by atoms with E-state index >= 15 is 0 Å². The van der Waals surface area contributed by atoms with Crippen molar-refractivity contribution in [1.29, 1.82) is 0 Å². The number of benzene rings is 1. The van der Waals surface area contributed by atoms with E-state index in [1.54, 1.807) is 0 Å². The van der Waals surface area contributed by atoms with Crippen LogP contribution in [0.1, 0.15) is 24.0 Å². The smallest absolute Gasteiger partial charge is 0.156 e. The van der Waals surface area contributed by atoms with Crippen LogP contribution in [0.5, 0.6) is 0 Å². The highest BCUT2D eigenvalue weighted by atomic mass is 16.4. The van der Waals surface area contributed by atoms with Gasteiger partial charge in [-0.15, -0.1) is 0 Å². The van der Waals surface area contributed by atoms with Crippen LogP contribution in [0.25, 0.3) is 0 Å². The second-order valence-electron chi connectivity index (χ2n) is 4.64.